The zero-order chi connectivity index (χ0) is 21.9. The summed E-state index contributed by atoms with van der Waals surface area (Å²) in [6.45, 7) is 0.788. The maximum Gasteiger partial charge on any atom is 0.318 e. The van der Waals surface area contributed by atoms with Gasteiger partial charge in [0.2, 0.25) is 5.88 Å². The Hall–Kier alpha value is -3.27. The van der Waals surface area contributed by atoms with E-state index in [1.807, 2.05) is 0 Å². The zero-order valence-corrected chi connectivity index (χ0v) is 18.0. The van der Waals surface area contributed by atoms with Gasteiger partial charge in [-0.1, -0.05) is 6.07 Å². The van der Waals surface area contributed by atoms with Gasteiger partial charge in [-0.15, -0.1) is 0 Å². The standard InChI is InChI=1S/C21H15BrF2N4O3/c1-28-5-6-31-20-14-18(26-21(30-2)27-19(14)28)16(24)17(25-20)11-8-10(29)7-9-3-4-12(23)15(22)13(9)11/h3-4,7-8,29H,5-6H2,1-2H3. The Labute approximate surface area is 183 Å². The molecule has 0 radical (unpaired) electrons. The first-order chi connectivity index (χ1) is 14.9. The van der Waals surface area contributed by atoms with Gasteiger partial charge in [-0.2, -0.15) is 9.97 Å². The third kappa shape index (κ3) is 3.01. The van der Waals surface area contributed by atoms with Crippen LogP contribution in [0.5, 0.6) is 17.6 Å². The van der Waals surface area contributed by atoms with Gasteiger partial charge in [0.15, 0.2) is 5.82 Å². The van der Waals surface area contributed by atoms with Gasteiger partial charge in [-0.05, 0) is 39.5 Å². The molecule has 0 bridgehead atoms. The van der Waals surface area contributed by atoms with Gasteiger partial charge in [-0.3, -0.25) is 0 Å². The van der Waals surface area contributed by atoms with Crippen molar-refractivity contribution in [2.75, 3.05) is 32.2 Å². The van der Waals surface area contributed by atoms with Gasteiger partial charge in [0, 0.05) is 18.0 Å². The molecule has 4 aromatic rings. The number of rotatable bonds is 2. The second-order valence-corrected chi connectivity index (χ2v) is 7.85. The maximum absolute atomic E-state index is 15.9. The number of phenols is 1. The third-order valence-corrected chi connectivity index (χ3v) is 5.94. The lowest BCUT2D eigenvalue weighted by Crippen LogP contribution is -2.22. The lowest BCUT2D eigenvalue weighted by molar-refractivity contribution is 0.321. The number of anilines is 1. The Balaban J connectivity index is 1.93. The molecule has 31 heavy (non-hydrogen) atoms. The molecule has 7 nitrogen and oxygen atoms in total. The van der Waals surface area contributed by atoms with Crippen molar-refractivity contribution in [2.45, 2.75) is 0 Å². The van der Waals surface area contributed by atoms with Crippen molar-refractivity contribution in [1.29, 1.82) is 0 Å². The number of ether oxygens (including phenoxy) is 2. The number of nitrogens with zero attached hydrogens (tertiary/aromatic N) is 4. The minimum absolute atomic E-state index is 0.00811. The number of benzene rings is 2. The van der Waals surface area contributed by atoms with Crippen LogP contribution >= 0.6 is 15.9 Å². The number of hydrogen-bond donors (Lipinski definition) is 1. The SMILES string of the molecule is COc1nc2c3c(nc(-c4cc(O)cc5ccc(F)c(Br)c45)c(F)c3n1)OCCN2C. The number of aromatic nitrogens is 3. The molecule has 0 spiro atoms. The van der Waals surface area contributed by atoms with E-state index in [9.17, 15) is 9.50 Å². The van der Waals surface area contributed by atoms with E-state index < -0.39 is 11.6 Å². The van der Waals surface area contributed by atoms with Crippen LogP contribution in [0.15, 0.2) is 28.7 Å². The van der Waals surface area contributed by atoms with Crippen LogP contribution < -0.4 is 14.4 Å². The van der Waals surface area contributed by atoms with E-state index in [1.54, 1.807) is 11.9 Å². The van der Waals surface area contributed by atoms with Gasteiger partial charge in [0.25, 0.3) is 0 Å². The zero-order valence-electron chi connectivity index (χ0n) is 16.4. The molecule has 0 saturated heterocycles. The highest BCUT2D eigenvalue weighted by Gasteiger charge is 2.27. The normalized spacial score (nSPS) is 13.4. The molecule has 0 saturated carbocycles. The van der Waals surface area contributed by atoms with Crippen molar-refractivity contribution < 1.29 is 23.4 Å². The Morgan fingerprint density at radius 1 is 1.16 bits per heavy atom. The van der Waals surface area contributed by atoms with E-state index in [0.717, 1.165) is 0 Å². The summed E-state index contributed by atoms with van der Waals surface area (Å²) in [5, 5.41) is 11.4. The monoisotopic (exact) mass is 488 g/mol. The predicted octanol–water partition coefficient (Wildman–Crippen LogP) is 4.43. The van der Waals surface area contributed by atoms with Crippen LogP contribution in [-0.2, 0) is 0 Å². The number of halogens is 3. The van der Waals surface area contributed by atoms with Gasteiger partial charge in [0.1, 0.15) is 40.6 Å². The minimum atomic E-state index is -0.761. The summed E-state index contributed by atoms with van der Waals surface area (Å²) >= 11 is 3.24. The molecule has 0 amide bonds. The van der Waals surface area contributed by atoms with E-state index in [2.05, 4.69) is 30.9 Å². The average molecular weight is 489 g/mol. The van der Waals surface area contributed by atoms with Crippen molar-refractivity contribution >= 4 is 43.4 Å². The van der Waals surface area contributed by atoms with Crippen LogP contribution in [-0.4, -0.2) is 47.4 Å². The molecule has 158 valence electrons. The van der Waals surface area contributed by atoms with Crippen molar-refractivity contribution in [3.8, 4) is 28.9 Å². The fourth-order valence-electron chi connectivity index (χ4n) is 3.71. The molecular weight excluding hydrogens is 474 g/mol. The number of methoxy groups -OCH3 is 1. The highest BCUT2D eigenvalue weighted by molar-refractivity contribution is 9.10. The first kappa shape index (κ1) is 19.7. The number of hydrogen-bond acceptors (Lipinski definition) is 7. The van der Waals surface area contributed by atoms with E-state index in [-0.39, 0.29) is 38.9 Å². The van der Waals surface area contributed by atoms with Crippen LogP contribution in [0.1, 0.15) is 0 Å². The van der Waals surface area contributed by atoms with E-state index in [1.165, 1.54) is 31.4 Å². The fraction of sp³-hybridized carbons (Fsp3) is 0.190. The Morgan fingerprint density at radius 3 is 2.74 bits per heavy atom. The summed E-state index contributed by atoms with van der Waals surface area (Å²) in [5.74, 6) is -0.821. The van der Waals surface area contributed by atoms with Gasteiger partial charge < -0.3 is 19.5 Å². The van der Waals surface area contributed by atoms with Crippen LogP contribution in [0.2, 0.25) is 0 Å². The summed E-state index contributed by atoms with van der Waals surface area (Å²) in [6.07, 6.45) is 0. The molecule has 1 N–H and O–H groups in total. The first-order valence-electron chi connectivity index (χ1n) is 9.29. The third-order valence-electron chi connectivity index (χ3n) is 5.17. The molecule has 1 aliphatic heterocycles. The number of fused-ring (bicyclic) bond motifs is 1. The van der Waals surface area contributed by atoms with Gasteiger partial charge in [0.05, 0.1) is 18.1 Å². The molecule has 2 aromatic heterocycles. The predicted molar refractivity (Wildman–Crippen MR) is 115 cm³/mol. The molecule has 0 aliphatic carbocycles. The van der Waals surface area contributed by atoms with Crippen molar-refractivity contribution in [3.63, 3.8) is 0 Å². The van der Waals surface area contributed by atoms with Crippen LogP contribution in [0.4, 0.5) is 14.6 Å². The summed E-state index contributed by atoms with van der Waals surface area (Å²) in [6, 6.07) is 5.55. The molecule has 0 fully saturated rings. The summed E-state index contributed by atoms with van der Waals surface area (Å²) in [4.78, 5) is 14.8. The Kier molecular flexibility index (Phi) is 4.54. The lowest BCUT2D eigenvalue weighted by Gasteiger charge is -2.17. The first-order valence-corrected chi connectivity index (χ1v) is 10.1. The largest absolute Gasteiger partial charge is 0.508 e. The average Bonchev–Trinajstić information content (AvgIpc) is 2.91. The smallest absolute Gasteiger partial charge is 0.318 e. The molecule has 1 aliphatic rings. The number of phenolic OH excluding ortho intramolecular Hbond substituents is 1. The van der Waals surface area contributed by atoms with E-state index in [4.69, 9.17) is 9.47 Å². The van der Waals surface area contributed by atoms with Crippen LogP contribution in [0.3, 0.4) is 0 Å². The van der Waals surface area contributed by atoms with E-state index >= 15 is 4.39 Å². The highest BCUT2D eigenvalue weighted by Crippen LogP contribution is 2.43. The summed E-state index contributed by atoms with van der Waals surface area (Å²) in [7, 11) is 3.19. The van der Waals surface area contributed by atoms with Gasteiger partial charge >= 0.3 is 6.01 Å². The molecule has 3 heterocycles. The van der Waals surface area contributed by atoms with Crippen molar-refractivity contribution in [2.24, 2.45) is 0 Å². The molecule has 5 rings (SSSR count). The van der Waals surface area contributed by atoms with Crippen LogP contribution in [0, 0.1) is 11.6 Å². The number of pyridine rings is 1. The second kappa shape index (κ2) is 7.16. The Bertz CT molecular complexity index is 1380. The second-order valence-electron chi connectivity index (χ2n) is 7.06. The Morgan fingerprint density at radius 2 is 1.97 bits per heavy atom. The molecule has 2 aromatic carbocycles. The molecule has 0 atom stereocenters. The van der Waals surface area contributed by atoms with E-state index in [0.29, 0.717) is 35.1 Å². The minimum Gasteiger partial charge on any atom is -0.508 e. The molecular formula is C21H15BrF2N4O3. The fourth-order valence-corrected chi connectivity index (χ4v) is 4.28. The lowest BCUT2D eigenvalue weighted by atomic mass is 10.00. The molecule has 0 unspecified atom stereocenters. The van der Waals surface area contributed by atoms with Crippen LogP contribution in [0.25, 0.3) is 32.9 Å². The van der Waals surface area contributed by atoms with Crippen molar-refractivity contribution in [3.05, 3.63) is 40.4 Å². The number of aromatic hydroxyl groups is 1. The number of likely N-dealkylation sites (N-methyl/N-ethyl adjacent to an activating group) is 1. The molecule has 10 heteroatoms. The van der Waals surface area contributed by atoms with Gasteiger partial charge in [-0.25, -0.2) is 13.8 Å². The van der Waals surface area contributed by atoms with Crippen molar-refractivity contribution in [1.82, 2.24) is 15.0 Å². The topological polar surface area (TPSA) is 80.6 Å². The summed E-state index contributed by atoms with van der Waals surface area (Å²) in [5.41, 5.74) is 0.0166. The summed E-state index contributed by atoms with van der Waals surface area (Å²) < 4.78 is 41.3. The maximum atomic E-state index is 15.9. The highest BCUT2D eigenvalue weighted by atomic mass is 79.9. The quantitative estimate of drug-likeness (QED) is 0.447.